The van der Waals surface area contributed by atoms with E-state index in [1.807, 2.05) is 5.38 Å². The van der Waals surface area contributed by atoms with Gasteiger partial charge in [-0.2, -0.15) is 11.3 Å². The maximum Gasteiger partial charge on any atom is 0.146 e. The molecule has 84 valence electrons. The third kappa shape index (κ3) is 2.65. The van der Waals surface area contributed by atoms with Crippen LogP contribution in [0.3, 0.4) is 0 Å². The van der Waals surface area contributed by atoms with Crippen LogP contribution in [0, 0.1) is 5.82 Å². The zero-order valence-corrected chi connectivity index (χ0v) is 9.80. The zero-order valence-electron chi connectivity index (χ0n) is 8.98. The van der Waals surface area contributed by atoms with Crippen LogP contribution >= 0.6 is 11.3 Å². The second kappa shape index (κ2) is 5.18. The molecule has 2 aromatic heterocycles. The second-order valence-corrected chi connectivity index (χ2v) is 4.37. The Balaban J connectivity index is 1.95. The summed E-state index contributed by atoms with van der Waals surface area (Å²) in [5.41, 5.74) is 1.69. The Labute approximate surface area is 98.2 Å². The van der Waals surface area contributed by atoms with Crippen molar-refractivity contribution in [3.63, 3.8) is 0 Å². The third-order valence-electron chi connectivity index (χ3n) is 2.45. The van der Waals surface area contributed by atoms with Gasteiger partial charge < -0.3 is 5.32 Å². The lowest BCUT2D eigenvalue weighted by atomic mass is 10.2. The van der Waals surface area contributed by atoms with Crippen molar-refractivity contribution in [1.29, 1.82) is 0 Å². The van der Waals surface area contributed by atoms with Crippen LogP contribution in [0.2, 0.25) is 0 Å². The van der Waals surface area contributed by atoms with Crippen molar-refractivity contribution < 1.29 is 4.39 Å². The highest BCUT2D eigenvalue weighted by Crippen LogP contribution is 2.16. The quantitative estimate of drug-likeness (QED) is 0.882. The fourth-order valence-corrected chi connectivity index (χ4v) is 2.19. The molecule has 1 atom stereocenters. The number of thiophene rings is 1. The van der Waals surface area contributed by atoms with Gasteiger partial charge in [-0.3, -0.25) is 4.98 Å². The molecule has 0 aliphatic heterocycles. The molecule has 0 aromatic carbocycles. The van der Waals surface area contributed by atoms with Crippen LogP contribution in [0.15, 0.2) is 35.2 Å². The summed E-state index contributed by atoms with van der Waals surface area (Å²) in [7, 11) is 0. The average Bonchev–Trinajstić information content (AvgIpc) is 2.81. The molecule has 0 spiro atoms. The van der Waals surface area contributed by atoms with Gasteiger partial charge >= 0.3 is 0 Å². The Morgan fingerprint density at radius 3 is 3.06 bits per heavy atom. The fourth-order valence-electron chi connectivity index (χ4n) is 1.44. The molecule has 2 heterocycles. The SMILES string of the molecule is CC(NCc1ncccc1F)c1ccsc1. The van der Waals surface area contributed by atoms with E-state index >= 15 is 0 Å². The molecule has 2 rings (SSSR count). The van der Waals surface area contributed by atoms with Gasteiger partial charge in [0.1, 0.15) is 5.82 Å². The topological polar surface area (TPSA) is 24.9 Å². The number of nitrogens with zero attached hydrogens (tertiary/aromatic N) is 1. The van der Waals surface area contributed by atoms with Gasteiger partial charge in [0, 0.05) is 18.8 Å². The molecule has 0 aliphatic rings. The first kappa shape index (κ1) is 11.2. The maximum absolute atomic E-state index is 13.3. The number of hydrogen-bond acceptors (Lipinski definition) is 3. The smallest absolute Gasteiger partial charge is 0.146 e. The van der Waals surface area contributed by atoms with Crippen LogP contribution in [-0.4, -0.2) is 4.98 Å². The van der Waals surface area contributed by atoms with Crippen LogP contribution in [-0.2, 0) is 6.54 Å². The van der Waals surface area contributed by atoms with Gasteiger partial charge in [-0.05, 0) is 41.4 Å². The molecule has 0 saturated heterocycles. The molecule has 1 N–H and O–H groups in total. The summed E-state index contributed by atoms with van der Waals surface area (Å²) < 4.78 is 13.3. The van der Waals surface area contributed by atoms with E-state index in [2.05, 4.69) is 28.7 Å². The van der Waals surface area contributed by atoms with Crippen LogP contribution in [0.25, 0.3) is 0 Å². The normalized spacial score (nSPS) is 12.6. The summed E-state index contributed by atoms with van der Waals surface area (Å²) in [5, 5.41) is 7.37. The second-order valence-electron chi connectivity index (χ2n) is 3.59. The van der Waals surface area contributed by atoms with Crippen molar-refractivity contribution in [2.24, 2.45) is 0 Å². The Bertz CT molecular complexity index is 442. The summed E-state index contributed by atoms with van der Waals surface area (Å²) in [6, 6.07) is 5.31. The first-order chi connectivity index (χ1) is 7.77. The van der Waals surface area contributed by atoms with Crippen molar-refractivity contribution in [3.8, 4) is 0 Å². The van der Waals surface area contributed by atoms with E-state index in [1.54, 1.807) is 23.6 Å². The maximum atomic E-state index is 13.3. The van der Waals surface area contributed by atoms with E-state index in [-0.39, 0.29) is 11.9 Å². The lowest BCUT2D eigenvalue weighted by Gasteiger charge is -2.12. The van der Waals surface area contributed by atoms with Gasteiger partial charge in [-0.1, -0.05) is 0 Å². The highest BCUT2D eigenvalue weighted by molar-refractivity contribution is 7.07. The first-order valence-corrected chi connectivity index (χ1v) is 6.06. The van der Waals surface area contributed by atoms with E-state index in [4.69, 9.17) is 0 Å². The molecular weight excluding hydrogens is 223 g/mol. The van der Waals surface area contributed by atoms with Crippen LogP contribution in [0.4, 0.5) is 4.39 Å². The standard InChI is InChI=1S/C12H13FN2S/c1-9(10-4-6-16-8-10)15-7-12-11(13)3-2-5-14-12/h2-6,8-9,15H,7H2,1H3. The monoisotopic (exact) mass is 236 g/mol. The molecular formula is C12H13FN2S. The lowest BCUT2D eigenvalue weighted by Crippen LogP contribution is -2.19. The lowest BCUT2D eigenvalue weighted by molar-refractivity contribution is 0.533. The highest BCUT2D eigenvalue weighted by Gasteiger charge is 2.07. The number of rotatable bonds is 4. The molecule has 0 aliphatic carbocycles. The number of hydrogen-bond donors (Lipinski definition) is 1. The molecule has 1 unspecified atom stereocenters. The number of aromatic nitrogens is 1. The van der Waals surface area contributed by atoms with Crippen molar-refractivity contribution in [1.82, 2.24) is 10.3 Å². The van der Waals surface area contributed by atoms with Gasteiger partial charge in [0.25, 0.3) is 0 Å². The molecule has 0 bridgehead atoms. The summed E-state index contributed by atoms with van der Waals surface area (Å²) in [4.78, 5) is 4.00. The van der Waals surface area contributed by atoms with Gasteiger partial charge in [0.15, 0.2) is 0 Å². The average molecular weight is 236 g/mol. The predicted octanol–water partition coefficient (Wildman–Crippen LogP) is 3.13. The minimum absolute atomic E-state index is 0.215. The van der Waals surface area contributed by atoms with Crippen molar-refractivity contribution in [2.45, 2.75) is 19.5 Å². The molecule has 0 saturated carbocycles. The van der Waals surface area contributed by atoms with Crippen LogP contribution in [0.5, 0.6) is 0 Å². The Morgan fingerprint density at radius 1 is 1.50 bits per heavy atom. The molecule has 4 heteroatoms. The summed E-state index contributed by atoms with van der Waals surface area (Å²) in [6.07, 6.45) is 1.61. The zero-order chi connectivity index (χ0) is 11.4. The molecule has 16 heavy (non-hydrogen) atoms. The Morgan fingerprint density at radius 2 is 2.38 bits per heavy atom. The molecule has 2 nitrogen and oxygen atoms in total. The van der Waals surface area contributed by atoms with Gasteiger partial charge in [-0.15, -0.1) is 0 Å². The Hall–Kier alpha value is -1.26. The molecule has 2 aromatic rings. The third-order valence-corrected chi connectivity index (χ3v) is 3.16. The molecule has 0 fully saturated rings. The Kier molecular flexibility index (Phi) is 3.64. The minimum Gasteiger partial charge on any atom is -0.304 e. The van der Waals surface area contributed by atoms with E-state index in [0.717, 1.165) is 0 Å². The molecule has 0 amide bonds. The van der Waals surface area contributed by atoms with E-state index in [1.165, 1.54) is 11.6 Å². The predicted molar refractivity (Wildman–Crippen MR) is 63.8 cm³/mol. The van der Waals surface area contributed by atoms with Crippen molar-refractivity contribution in [3.05, 3.63) is 52.2 Å². The van der Waals surface area contributed by atoms with Gasteiger partial charge in [-0.25, -0.2) is 4.39 Å². The number of halogens is 1. The molecule has 0 radical (unpaired) electrons. The number of nitrogens with one attached hydrogen (secondary N) is 1. The summed E-state index contributed by atoms with van der Waals surface area (Å²) >= 11 is 1.66. The largest absolute Gasteiger partial charge is 0.304 e. The van der Waals surface area contributed by atoms with E-state index < -0.39 is 0 Å². The van der Waals surface area contributed by atoms with E-state index in [0.29, 0.717) is 12.2 Å². The summed E-state index contributed by atoms with van der Waals surface area (Å²) in [6.45, 7) is 2.51. The summed E-state index contributed by atoms with van der Waals surface area (Å²) in [5.74, 6) is -0.257. The highest BCUT2D eigenvalue weighted by atomic mass is 32.1. The van der Waals surface area contributed by atoms with Crippen LogP contribution < -0.4 is 5.32 Å². The van der Waals surface area contributed by atoms with E-state index in [9.17, 15) is 4.39 Å². The van der Waals surface area contributed by atoms with Gasteiger partial charge in [0.05, 0.1) is 5.69 Å². The van der Waals surface area contributed by atoms with Crippen molar-refractivity contribution in [2.75, 3.05) is 0 Å². The minimum atomic E-state index is -0.257. The van der Waals surface area contributed by atoms with Crippen molar-refractivity contribution >= 4 is 11.3 Å². The van der Waals surface area contributed by atoms with Crippen LogP contribution in [0.1, 0.15) is 24.2 Å². The first-order valence-electron chi connectivity index (χ1n) is 5.12. The fraction of sp³-hybridized carbons (Fsp3) is 0.250. The number of pyridine rings is 1. The van der Waals surface area contributed by atoms with Gasteiger partial charge in [0.2, 0.25) is 0 Å².